The molecule has 5 heteroatoms. The van der Waals surface area contributed by atoms with Crippen LogP contribution in [0.5, 0.6) is 5.75 Å². The van der Waals surface area contributed by atoms with Gasteiger partial charge >= 0.3 is 0 Å². The van der Waals surface area contributed by atoms with Gasteiger partial charge < -0.3 is 15.2 Å². The molecule has 0 spiro atoms. The largest absolute Gasteiger partial charge is 0.457 e. The van der Waals surface area contributed by atoms with Crippen molar-refractivity contribution in [1.82, 2.24) is 4.98 Å². The van der Waals surface area contributed by atoms with Gasteiger partial charge in [-0.3, -0.25) is 9.78 Å². The Labute approximate surface area is 172 Å². The van der Waals surface area contributed by atoms with E-state index in [-0.39, 0.29) is 0 Å². The Morgan fingerprint density at radius 3 is 2.90 bits per heavy atom. The van der Waals surface area contributed by atoms with Gasteiger partial charge in [-0.05, 0) is 54.7 Å². The Kier molecular flexibility index (Phi) is 8.86. The van der Waals surface area contributed by atoms with Crippen LogP contribution in [-0.4, -0.2) is 30.0 Å². The van der Waals surface area contributed by atoms with Crippen LogP contribution in [0.4, 0.5) is 5.69 Å². The molecule has 0 radical (unpaired) electrons. The molecule has 0 amide bonds. The minimum Gasteiger partial charge on any atom is -0.457 e. The van der Waals surface area contributed by atoms with E-state index in [0.29, 0.717) is 17.2 Å². The third kappa shape index (κ3) is 5.65. The van der Waals surface area contributed by atoms with Crippen LogP contribution in [0.2, 0.25) is 0 Å². The first kappa shape index (κ1) is 22.1. The van der Waals surface area contributed by atoms with Crippen molar-refractivity contribution < 1.29 is 14.6 Å². The number of carbonyl (C=O) groups excluding carboxylic acids is 1. The molecule has 1 aromatic heterocycles. The number of pyridine rings is 1. The fourth-order valence-electron chi connectivity index (χ4n) is 3.50. The molecule has 0 fully saturated rings. The number of hydrogen-bond acceptors (Lipinski definition) is 5. The van der Waals surface area contributed by atoms with Crippen LogP contribution in [0, 0.1) is 0 Å². The number of nitrogens with zero attached hydrogens (tertiary/aromatic N) is 1. The number of aliphatic hydroxyl groups is 1. The first-order valence-electron chi connectivity index (χ1n) is 9.59. The third-order valence-corrected chi connectivity index (χ3v) is 4.82. The summed E-state index contributed by atoms with van der Waals surface area (Å²) < 4.78 is 6.05. The maximum absolute atomic E-state index is 11.2. The zero-order valence-electron chi connectivity index (χ0n) is 16.8. The van der Waals surface area contributed by atoms with Gasteiger partial charge in [0.25, 0.3) is 0 Å². The Morgan fingerprint density at radius 2 is 2.17 bits per heavy atom. The second-order valence-corrected chi connectivity index (χ2v) is 6.49. The van der Waals surface area contributed by atoms with Gasteiger partial charge in [-0.2, -0.15) is 0 Å². The summed E-state index contributed by atoms with van der Waals surface area (Å²) in [5.41, 5.74) is 3.94. The van der Waals surface area contributed by atoms with Gasteiger partial charge in [0.1, 0.15) is 11.5 Å². The summed E-state index contributed by atoms with van der Waals surface area (Å²) >= 11 is 0. The quantitative estimate of drug-likeness (QED) is 0.388. The van der Waals surface area contributed by atoms with Gasteiger partial charge in [0.15, 0.2) is 6.29 Å². The van der Waals surface area contributed by atoms with E-state index in [4.69, 9.17) is 9.84 Å². The highest BCUT2D eigenvalue weighted by Crippen LogP contribution is 2.37. The van der Waals surface area contributed by atoms with Crippen molar-refractivity contribution in [3.8, 4) is 5.75 Å². The number of nitrogens with one attached hydrogen (secondary N) is 1. The molecule has 29 heavy (non-hydrogen) atoms. The lowest BCUT2D eigenvalue weighted by Gasteiger charge is -2.28. The zero-order chi connectivity index (χ0) is 21.1. The molecule has 1 heterocycles. The molecule has 0 bridgehead atoms. The van der Waals surface area contributed by atoms with Crippen molar-refractivity contribution in [1.29, 1.82) is 0 Å². The lowest BCUT2D eigenvalue weighted by molar-refractivity contribution is 0.112. The first-order chi connectivity index (χ1) is 14.3. The number of allylic oxidation sites excluding steroid dienone is 3. The maximum atomic E-state index is 11.2. The number of carbonyl (C=O) groups is 1. The van der Waals surface area contributed by atoms with Crippen LogP contribution in [0.3, 0.4) is 0 Å². The molecule has 0 saturated heterocycles. The number of fused-ring (bicyclic) bond motifs is 1. The lowest BCUT2D eigenvalue weighted by atomic mass is 9.82. The summed E-state index contributed by atoms with van der Waals surface area (Å²) in [5.74, 6) is 1.91. The van der Waals surface area contributed by atoms with E-state index < -0.39 is 0 Å². The molecule has 3 rings (SSSR count). The second-order valence-electron chi connectivity index (χ2n) is 6.49. The van der Waals surface area contributed by atoms with E-state index >= 15 is 0 Å². The molecule has 5 nitrogen and oxygen atoms in total. The summed E-state index contributed by atoms with van der Waals surface area (Å²) in [6.07, 6.45) is 12.5. The highest BCUT2D eigenvalue weighted by Gasteiger charge is 2.23. The molecule has 1 unspecified atom stereocenters. The Balaban J connectivity index is 0.00000145. The summed E-state index contributed by atoms with van der Waals surface area (Å²) in [6, 6.07) is 7.92. The van der Waals surface area contributed by atoms with Crippen molar-refractivity contribution in [3.63, 3.8) is 0 Å². The SMILES string of the molecule is C=C/C=C(\C=C)Oc1cccc2c1CCCC2CNc1cnccc1C=O.CO. The number of rotatable bonds is 8. The van der Waals surface area contributed by atoms with Crippen LogP contribution in [0.1, 0.15) is 40.2 Å². The van der Waals surface area contributed by atoms with Crippen LogP contribution >= 0.6 is 0 Å². The predicted octanol–water partition coefficient (Wildman–Crippen LogP) is 4.67. The lowest BCUT2D eigenvalue weighted by Crippen LogP contribution is -2.19. The van der Waals surface area contributed by atoms with E-state index in [0.717, 1.165) is 50.6 Å². The fourth-order valence-corrected chi connectivity index (χ4v) is 3.50. The first-order valence-corrected chi connectivity index (χ1v) is 9.59. The van der Waals surface area contributed by atoms with Crippen molar-refractivity contribution in [2.45, 2.75) is 25.2 Å². The third-order valence-electron chi connectivity index (χ3n) is 4.82. The smallest absolute Gasteiger partial charge is 0.152 e. The number of benzene rings is 1. The number of aldehydes is 1. The van der Waals surface area contributed by atoms with Crippen molar-refractivity contribution in [3.05, 3.63) is 90.5 Å². The molecule has 1 aliphatic carbocycles. The monoisotopic (exact) mass is 392 g/mol. The van der Waals surface area contributed by atoms with Crippen LogP contribution in [0.25, 0.3) is 0 Å². The highest BCUT2D eigenvalue weighted by atomic mass is 16.5. The zero-order valence-corrected chi connectivity index (χ0v) is 16.8. The Bertz CT molecular complexity index is 874. The average molecular weight is 392 g/mol. The van der Waals surface area contributed by atoms with E-state index in [1.165, 1.54) is 11.1 Å². The average Bonchev–Trinajstić information content (AvgIpc) is 2.79. The van der Waals surface area contributed by atoms with Gasteiger partial charge in [0.2, 0.25) is 0 Å². The van der Waals surface area contributed by atoms with Crippen molar-refractivity contribution in [2.24, 2.45) is 0 Å². The Morgan fingerprint density at radius 1 is 1.34 bits per heavy atom. The molecule has 2 N–H and O–H groups in total. The Hall–Kier alpha value is -3.18. The molecule has 0 saturated carbocycles. The highest BCUT2D eigenvalue weighted by molar-refractivity contribution is 5.83. The number of aromatic nitrogens is 1. The molecule has 2 aromatic rings. The molecule has 152 valence electrons. The van der Waals surface area contributed by atoms with Crippen molar-refractivity contribution in [2.75, 3.05) is 19.0 Å². The molecule has 1 atom stereocenters. The van der Waals surface area contributed by atoms with E-state index in [9.17, 15) is 4.79 Å². The topological polar surface area (TPSA) is 71.5 Å². The molecule has 0 aliphatic heterocycles. The minimum atomic E-state index is 0.354. The number of hydrogen-bond donors (Lipinski definition) is 2. The summed E-state index contributed by atoms with van der Waals surface area (Å²) in [6.45, 7) is 8.26. The van der Waals surface area contributed by atoms with Crippen LogP contribution in [-0.2, 0) is 6.42 Å². The minimum absolute atomic E-state index is 0.354. The van der Waals surface area contributed by atoms with Gasteiger partial charge in [-0.25, -0.2) is 0 Å². The van der Waals surface area contributed by atoms with Gasteiger partial charge in [-0.15, -0.1) is 0 Å². The normalized spacial score (nSPS) is 15.2. The molecule has 1 aromatic carbocycles. The summed E-state index contributed by atoms with van der Waals surface area (Å²) in [7, 11) is 1.00. The number of aliphatic hydroxyl groups excluding tert-OH is 1. The van der Waals surface area contributed by atoms with Gasteiger partial charge in [0.05, 0.1) is 11.9 Å². The van der Waals surface area contributed by atoms with Gasteiger partial charge in [0, 0.05) is 31.3 Å². The molecular formula is C24H28N2O3. The molecule has 1 aliphatic rings. The van der Waals surface area contributed by atoms with Gasteiger partial charge in [-0.1, -0.05) is 31.4 Å². The summed E-state index contributed by atoms with van der Waals surface area (Å²) in [5, 5.41) is 10.4. The standard InChI is InChI=1S/C23H24N2O2.CH4O/c1-3-7-19(4-2)27-23-11-6-9-20-17(8-5-10-21(20)23)14-25-22-15-24-13-12-18(22)16-26;1-2/h3-4,6-7,9,11-13,15-17,25H,1-2,5,8,10,14H2;2H,1H3/b19-7+;. The van der Waals surface area contributed by atoms with E-state index in [1.807, 2.05) is 12.1 Å². The van der Waals surface area contributed by atoms with Crippen LogP contribution < -0.4 is 10.1 Å². The maximum Gasteiger partial charge on any atom is 0.152 e. The summed E-state index contributed by atoms with van der Waals surface area (Å²) in [4.78, 5) is 15.3. The predicted molar refractivity (Wildman–Crippen MR) is 117 cm³/mol. The fraction of sp³-hybridized carbons (Fsp3) is 0.250. The van der Waals surface area contributed by atoms with Crippen molar-refractivity contribution >= 4 is 12.0 Å². The number of ether oxygens (including phenoxy) is 1. The van der Waals surface area contributed by atoms with Crippen LogP contribution in [0.15, 0.2) is 73.8 Å². The van der Waals surface area contributed by atoms with E-state index in [1.54, 1.807) is 36.7 Å². The van der Waals surface area contributed by atoms with E-state index in [2.05, 4.69) is 29.5 Å². The number of anilines is 1. The second kappa shape index (κ2) is 11.6. The molecular weight excluding hydrogens is 364 g/mol.